The summed E-state index contributed by atoms with van der Waals surface area (Å²) in [6, 6.07) is 22.5. The van der Waals surface area contributed by atoms with Crippen molar-refractivity contribution in [2.45, 2.75) is 11.9 Å². The van der Waals surface area contributed by atoms with Crippen molar-refractivity contribution in [3.05, 3.63) is 95.6 Å². The molecule has 0 saturated carbocycles. The number of esters is 2. The van der Waals surface area contributed by atoms with Gasteiger partial charge in [0, 0.05) is 49.2 Å². The minimum absolute atomic E-state index is 0.265. The van der Waals surface area contributed by atoms with Crippen molar-refractivity contribution in [3.8, 4) is 22.8 Å². The molecule has 1 N–H and O–H groups in total. The third kappa shape index (κ3) is 11.6. The summed E-state index contributed by atoms with van der Waals surface area (Å²) in [5, 5.41) is 3.71. The van der Waals surface area contributed by atoms with Crippen molar-refractivity contribution in [1.82, 2.24) is 30.2 Å². The van der Waals surface area contributed by atoms with E-state index in [4.69, 9.17) is 14.2 Å². The number of benzene rings is 2. The van der Waals surface area contributed by atoms with Crippen molar-refractivity contribution in [1.29, 1.82) is 0 Å². The quantitative estimate of drug-likeness (QED) is 0.218. The van der Waals surface area contributed by atoms with Crippen LogP contribution in [0.5, 0.6) is 0 Å². The lowest BCUT2D eigenvalue weighted by Gasteiger charge is -2.26. The number of carbonyl (C=O) groups excluding carboxylic acids is 2. The second-order valence-electron chi connectivity index (χ2n) is 10.2. The largest absolute Gasteiger partial charge is 0.464 e. The molecule has 2 aromatic carbocycles. The van der Waals surface area contributed by atoms with Gasteiger partial charge in [-0.05, 0) is 12.1 Å². The number of carbonyl (C=O) groups is 2. The van der Waals surface area contributed by atoms with Crippen LogP contribution in [0.1, 0.15) is 32.4 Å². The van der Waals surface area contributed by atoms with Gasteiger partial charge in [0.05, 0.1) is 52.0 Å². The van der Waals surface area contributed by atoms with Crippen LogP contribution in [0.3, 0.4) is 0 Å². The summed E-state index contributed by atoms with van der Waals surface area (Å²) >= 11 is 3.33. The number of hydrogen-bond acceptors (Lipinski definition) is 12. The molecule has 248 valence electrons. The van der Waals surface area contributed by atoms with Crippen LogP contribution >= 0.6 is 15.9 Å². The van der Waals surface area contributed by atoms with Crippen LogP contribution in [0, 0.1) is 0 Å². The SMILES string of the molecule is C1COCCN1.COC(=O)c1cc(CBr)nc(-c2ccccc2)n1.COC(=O)c1cc(CN2CCOCC2)nc(-c2ccccc2)n1. The first-order valence-corrected chi connectivity index (χ1v) is 16.3. The zero-order chi connectivity index (χ0) is 33.3. The summed E-state index contributed by atoms with van der Waals surface area (Å²) in [4.78, 5) is 43.2. The van der Waals surface area contributed by atoms with E-state index in [0.29, 0.717) is 23.5 Å². The number of aromatic nitrogens is 4. The second-order valence-corrected chi connectivity index (χ2v) is 10.8. The van der Waals surface area contributed by atoms with Crippen LogP contribution in [-0.2, 0) is 30.8 Å². The lowest BCUT2D eigenvalue weighted by Crippen LogP contribution is -2.36. The summed E-state index contributed by atoms with van der Waals surface area (Å²) < 4.78 is 19.9. The van der Waals surface area contributed by atoms with Crippen molar-refractivity contribution in [2.75, 3.05) is 66.8 Å². The van der Waals surface area contributed by atoms with E-state index in [1.54, 1.807) is 12.1 Å². The van der Waals surface area contributed by atoms with Gasteiger partial charge in [0.15, 0.2) is 23.0 Å². The molecule has 2 aromatic heterocycles. The Morgan fingerprint density at radius 3 is 1.62 bits per heavy atom. The van der Waals surface area contributed by atoms with Gasteiger partial charge in [-0.2, -0.15) is 0 Å². The van der Waals surface area contributed by atoms with Crippen LogP contribution in [0.15, 0.2) is 72.8 Å². The molecule has 0 unspecified atom stereocenters. The van der Waals surface area contributed by atoms with Gasteiger partial charge >= 0.3 is 11.9 Å². The topological polar surface area (TPSA) is 138 Å². The van der Waals surface area contributed by atoms with Gasteiger partial charge in [0.25, 0.3) is 0 Å². The predicted octanol–water partition coefficient (Wildman–Crippen LogP) is 4.19. The molecule has 0 aliphatic carbocycles. The molecule has 2 aliphatic rings. The van der Waals surface area contributed by atoms with E-state index in [1.165, 1.54) is 14.2 Å². The lowest BCUT2D eigenvalue weighted by molar-refractivity contribution is 0.0336. The zero-order valence-corrected chi connectivity index (χ0v) is 28.1. The van der Waals surface area contributed by atoms with Crippen LogP contribution in [0.4, 0.5) is 0 Å². The van der Waals surface area contributed by atoms with Gasteiger partial charge in [0.2, 0.25) is 0 Å². The number of alkyl halides is 1. The minimum Gasteiger partial charge on any atom is -0.464 e. The third-order valence-electron chi connectivity index (χ3n) is 6.88. The molecule has 4 heterocycles. The Balaban J connectivity index is 0.000000184. The molecule has 2 saturated heterocycles. The number of ether oxygens (including phenoxy) is 4. The smallest absolute Gasteiger partial charge is 0.356 e. The predicted molar refractivity (Wildman–Crippen MR) is 180 cm³/mol. The van der Waals surface area contributed by atoms with Gasteiger partial charge in [-0.3, -0.25) is 4.90 Å². The average Bonchev–Trinajstić information content (AvgIpc) is 3.16. The number of methoxy groups -OCH3 is 2. The highest BCUT2D eigenvalue weighted by atomic mass is 79.9. The molecule has 13 heteroatoms. The van der Waals surface area contributed by atoms with Crippen molar-refractivity contribution in [3.63, 3.8) is 0 Å². The maximum Gasteiger partial charge on any atom is 0.356 e. The van der Waals surface area contributed by atoms with E-state index < -0.39 is 11.9 Å². The fraction of sp³-hybridized carbons (Fsp3) is 0.353. The molecule has 4 aromatic rings. The second kappa shape index (κ2) is 19.5. The minimum atomic E-state index is -0.461. The zero-order valence-electron chi connectivity index (χ0n) is 26.6. The molecule has 2 aliphatic heterocycles. The first-order chi connectivity index (χ1) is 23.0. The summed E-state index contributed by atoms with van der Waals surface area (Å²) in [6.45, 7) is 7.66. The Kier molecular flexibility index (Phi) is 14.8. The van der Waals surface area contributed by atoms with E-state index in [9.17, 15) is 9.59 Å². The number of hydrogen-bond donors (Lipinski definition) is 1. The van der Waals surface area contributed by atoms with Gasteiger partial charge in [-0.15, -0.1) is 0 Å². The first-order valence-electron chi connectivity index (χ1n) is 15.2. The maximum atomic E-state index is 11.9. The van der Waals surface area contributed by atoms with E-state index in [1.807, 2.05) is 60.7 Å². The Bertz CT molecular complexity index is 1540. The molecule has 0 bridgehead atoms. The highest BCUT2D eigenvalue weighted by Crippen LogP contribution is 2.18. The van der Waals surface area contributed by atoms with Crippen molar-refractivity contribution in [2.24, 2.45) is 0 Å². The standard InChI is InChI=1S/C17H19N3O3.C13H11BrN2O2.C4H9NO/c1-22-17(21)15-11-14(12-20-7-9-23-10-8-20)18-16(19-15)13-5-3-2-4-6-13;1-18-13(17)11-7-10(8-14)15-12(16-11)9-5-3-2-4-6-9;1-3-6-4-2-5-1/h2-6,11H,7-10,12H2,1H3;2-7H,8H2,1H3;5H,1-4H2. The summed E-state index contributed by atoms with van der Waals surface area (Å²) in [7, 11) is 2.69. The summed E-state index contributed by atoms with van der Waals surface area (Å²) in [5.74, 6) is 0.147. The third-order valence-corrected chi connectivity index (χ3v) is 7.46. The first kappa shape index (κ1) is 35.7. The molecule has 0 atom stereocenters. The molecule has 12 nitrogen and oxygen atoms in total. The van der Waals surface area contributed by atoms with Crippen LogP contribution in [0.2, 0.25) is 0 Å². The van der Waals surface area contributed by atoms with Gasteiger partial charge in [-0.25, -0.2) is 29.5 Å². The highest BCUT2D eigenvalue weighted by molar-refractivity contribution is 9.08. The van der Waals surface area contributed by atoms with Gasteiger partial charge < -0.3 is 24.3 Å². The van der Waals surface area contributed by atoms with E-state index in [0.717, 1.165) is 75.1 Å². The molecule has 0 spiro atoms. The van der Waals surface area contributed by atoms with Crippen molar-refractivity contribution < 1.29 is 28.5 Å². The Hall–Kier alpha value is -4.14. The number of nitrogens with zero attached hydrogens (tertiary/aromatic N) is 5. The summed E-state index contributed by atoms with van der Waals surface area (Å²) in [5.41, 5.74) is 3.84. The fourth-order valence-electron chi connectivity index (χ4n) is 4.50. The normalized spacial score (nSPS) is 14.4. The Morgan fingerprint density at radius 1 is 0.723 bits per heavy atom. The molecule has 0 amide bonds. The molecular weight excluding hydrogens is 668 g/mol. The Labute approximate surface area is 283 Å². The number of halogens is 1. The maximum absolute atomic E-state index is 11.9. The number of morpholine rings is 2. The van der Waals surface area contributed by atoms with Crippen LogP contribution in [0.25, 0.3) is 22.8 Å². The lowest BCUT2D eigenvalue weighted by atomic mass is 10.2. The number of rotatable bonds is 7. The highest BCUT2D eigenvalue weighted by Gasteiger charge is 2.17. The molecule has 0 radical (unpaired) electrons. The van der Waals surface area contributed by atoms with E-state index in [2.05, 4.69) is 50.8 Å². The van der Waals surface area contributed by atoms with E-state index in [-0.39, 0.29) is 11.4 Å². The molecule has 47 heavy (non-hydrogen) atoms. The summed E-state index contributed by atoms with van der Waals surface area (Å²) in [6.07, 6.45) is 0. The van der Waals surface area contributed by atoms with E-state index >= 15 is 0 Å². The number of nitrogens with one attached hydrogen (secondary N) is 1. The van der Waals surface area contributed by atoms with Gasteiger partial charge in [-0.1, -0.05) is 76.6 Å². The fourth-order valence-corrected chi connectivity index (χ4v) is 4.79. The van der Waals surface area contributed by atoms with Crippen LogP contribution in [-0.4, -0.2) is 104 Å². The molecule has 6 rings (SSSR count). The molecule has 2 fully saturated rings. The molecular formula is C34H39BrN6O6. The van der Waals surface area contributed by atoms with Crippen molar-refractivity contribution >= 4 is 27.9 Å². The average molecular weight is 708 g/mol. The van der Waals surface area contributed by atoms with Crippen LogP contribution < -0.4 is 5.32 Å². The van der Waals surface area contributed by atoms with Gasteiger partial charge in [0.1, 0.15) is 0 Å². The Morgan fingerprint density at radius 2 is 1.19 bits per heavy atom. The monoisotopic (exact) mass is 706 g/mol.